The standard InChI is InChI=1S/C9H8/c1-7-2-3-8-4-5-9(8)6-7/h2-6,8H,1H2. The molecule has 2 rings (SSSR count). The van der Waals surface area contributed by atoms with Crippen molar-refractivity contribution in [2.45, 2.75) is 0 Å². The lowest BCUT2D eigenvalue weighted by molar-refractivity contribution is 0.926. The first-order chi connectivity index (χ1) is 4.36. The number of rotatable bonds is 0. The van der Waals surface area contributed by atoms with Crippen LogP contribution in [-0.2, 0) is 0 Å². The summed E-state index contributed by atoms with van der Waals surface area (Å²) < 4.78 is 0. The Morgan fingerprint density at radius 1 is 1.22 bits per heavy atom. The molecule has 0 aromatic carbocycles. The Kier molecular flexibility index (Phi) is 0.786. The Morgan fingerprint density at radius 3 is 2.44 bits per heavy atom. The molecule has 0 saturated carbocycles. The van der Waals surface area contributed by atoms with E-state index in [4.69, 9.17) is 0 Å². The van der Waals surface area contributed by atoms with Crippen LogP contribution in [0.5, 0.6) is 0 Å². The van der Waals surface area contributed by atoms with Crippen molar-refractivity contribution in [3.8, 4) is 0 Å². The molecule has 0 saturated heterocycles. The first-order valence-electron chi connectivity index (χ1n) is 3.13. The minimum Gasteiger partial charge on any atom is -0.0918 e. The predicted octanol–water partition coefficient (Wildman–Crippen LogP) is 2.22. The molecule has 1 unspecified atom stereocenters. The first kappa shape index (κ1) is 4.80. The monoisotopic (exact) mass is 116 g/mol. The Hall–Kier alpha value is -1.04. The molecule has 2 aliphatic rings. The van der Waals surface area contributed by atoms with E-state index in [0.717, 1.165) is 5.57 Å². The van der Waals surface area contributed by atoms with Crippen LogP contribution in [0, 0.1) is 5.92 Å². The maximum Gasteiger partial charge on any atom is 0.0205 e. The highest BCUT2D eigenvalue weighted by atomic mass is 14.2. The topological polar surface area (TPSA) is 0 Å². The van der Waals surface area contributed by atoms with E-state index in [1.807, 2.05) is 0 Å². The zero-order chi connectivity index (χ0) is 6.27. The lowest BCUT2D eigenvalue weighted by Crippen LogP contribution is -2.07. The fraction of sp³-hybridized carbons (Fsp3) is 0.111. The average Bonchev–Trinajstić information content (AvgIpc) is 1.78. The molecule has 0 spiro atoms. The van der Waals surface area contributed by atoms with Gasteiger partial charge in [0.25, 0.3) is 0 Å². The lowest BCUT2D eigenvalue weighted by Gasteiger charge is -2.21. The van der Waals surface area contributed by atoms with Gasteiger partial charge < -0.3 is 0 Å². The van der Waals surface area contributed by atoms with Crippen LogP contribution < -0.4 is 0 Å². The molecule has 0 radical (unpaired) electrons. The third kappa shape index (κ3) is 0.595. The molecule has 0 N–H and O–H groups in total. The van der Waals surface area contributed by atoms with Gasteiger partial charge in [0.2, 0.25) is 0 Å². The molecule has 0 amide bonds. The second-order valence-corrected chi connectivity index (χ2v) is 2.46. The molecule has 9 heavy (non-hydrogen) atoms. The van der Waals surface area contributed by atoms with Gasteiger partial charge in [-0.15, -0.1) is 0 Å². The summed E-state index contributed by atoms with van der Waals surface area (Å²) in [6, 6.07) is 0. The summed E-state index contributed by atoms with van der Waals surface area (Å²) in [5, 5.41) is 0. The van der Waals surface area contributed by atoms with Crippen molar-refractivity contribution in [1.29, 1.82) is 0 Å². The molecule has 0 aromatic rings. The van der Waals surface area contributed by atoms with Gasteiger partial charge in [0.1, 0.15) is 0 Å². The van der Waals surface area contributed by atoms with Crippen LogP contribution in [0.2, 0.25) is 0 Å². The quantitative estimate of drug-likeness (QED) is 0.455. The minimum absolute atomic E-state index is 0.607. The zero-order valence-corrected chi connectivity index (χ0v) is 5.17. The van der Waals surface area contributed by atoms with E-state index in [2.05, 4.69) is 37.0 Å². The molecule has 0 fully saturated rings. The van der Waals surface area contributed by atoms with Crippen molar-refractivity contribution in [3.63, 3.8) is 0 Å². The molecule has 0 bridgehead atoms. The van der Waals surface area contributed by atoms with E-state index in [1.165, 1.54) is 5.57 Å². The van der Waals surface area contributed by atoms with E-state index in [9.17, 15) is 0 Å². The minimum atomic E-state index is 0.607. The highest BCUT2D eigenvalue weighted by molar-refractivity contribution is 5.50. The molecule has 0 aliphatic heterocycles. The number of hydrogen-bond acceptors (Lipinski definition) is 0. The Bertz CT molecular complexity index is 239. The summed E-state index contributed by atoms with van der Waals surface area (Å²) in [6.45, 7) is 3.84. The van der Waals surface area contributed by atoms with Crippen LogP contribution in [0.25, 0.3) is 0 Å². The van der Waals surface area contributed by atoms with Crippen molar-refractivity contribution in [1.82, 2.24) is 0 Å². The van der Waals surface area contributed by atoms with Gasteiger partial charge >= 0.3 is 0 Å². The van der Waals surface area contributed by atoms with Gasteiger partial charge in [0.05, 0.1) is 0 Å². The highest BCUT2D eigenvalue weighted by Gasteiger charge is 2.15. The van der Waals surface area contributed by atoms with Crippen molar-refractivity contribution in [2.24, 2.45) is 5.92 Å². The van der Waals surface area contributed by atoms with Gasteiger partial charge in [-0.1, -0.05) is 37.0 Å². The molecule has 44 valence electrons. The molecule has 0 heteroatoms. The Labute approximate surface area is 54.9 Å². The van der Waals surface area contributed by atoms with E-state index in [0.29, 0.717) is 5.92 Å². The molecule has 0 nitrogen and oxygen atoms in total. The third-order valence-electron chi connectivity index (χ3n) is 1.75. The lowest BCUT2D eigenvalue weighted by atomic mass is 9.83. The van der Waals surface area contributed by atoms with Crippen LogP contribution in [-0.4, -0.2) is 0 Å². The van der Waals surface area contributed by atoms with Gasteiger partial charge in [-0.3, -0.25) is 0 Å². The maximum absolute atomic E-state index is 3.84. The average molecular weight is 116 g/mol. The van der Waals surface area contributed by atoms with E-state index in [1.54, 1.807) is 0 Å². The fourth-order valence-corrected chi connectivity index (χ4v) is 1.13. The number of allylic oxidation sites excluding steroid dienone is 7. The van der Waals surface area contributed by atoms with Crippen LogP contribution in [0.1, 0.15) is 0 Å². The van der Waals surface area contributed by atoms with Gasteiger partial charge in [-0.25, -0.2) is 0 Å². The fourth-order valence-electron chi connectivity index (χ4n) is 1.13. The van der Waals surface area contributed by atoms with Crippen LogP contribution in [0.15, 0.2) is 48.1 Å². The summed E-state index contributed by atoms with van der Waals surface area (Å²) in [4.78, 5) is 0. The summed E-state index contributed by atoms with van der Waals surface area (Å²) >= 11 is 0. The van der Waals surface area contributed by atoms with Gasteiger partial charge in [0, 0.05) is 5.92 Å². The van der Waals surface area contributed by atoms with Crippen molar-refractivity contribution in [3.05, 3.63) is 48.1 Å². The second kappa shape index (κ2) is 1.47. The summed E-state index contributed by atoms with van der Waals surface area (Å²) in [6.07, 6.45) is 10.7. The highest BCUT2D eigenvalue weighted by Crippen LogP contribution is 2.30. The maximum atomic E-state index is 3.84. The molecular weight excluding hydrogens is 108 g/mol. The molecule has 0 aromatic heterocycles. The normalized spacial score (nSPS) is 29.1. The van der Waals surface area contributed by atoms with Gasteiger partial charge in [-0.2, -0.15) is 0 Å². The predicted molar refractivity (Wildman–Crippen MR) is 39.0 cm³/mol. The van der Waals surface area contributed by atoms with Crippen molar-refractivity contribution >= 4 is 0 Å². The van der Waals surface area contributed by atoms with Crippen molar-refractivity contribution < 1.29 is 0 Å². The van der Waals surface area contributed by atoms with Crippen LogP contribution in [0.3, 0.4) is 0 Å². The molecule has 1 atom stereocenters. The second-order valence-electron chi connectivity index (χ2n) is 2.46. The Morgan fingerprint density at radius 2 is 2.00 bits per heavy atom. The number of fused-ring (bicyclic) bond motifs is 1. The van der Waals surface area contributed by atoms with Gasteiger partial charge in [0.15, 0.2) is 0 Å². The Balaban J connectivity index is 2.42. The van der Waals surface area contributed by atoms with Crippen LogP contribution >= 0.6 is 0 Å². The largest absolute Gasteiger partial charge is 0.0918 e. The molecule has 0 heterocycles. The van der Waals surface area contributed by atoms with Gasteiger partial charge in [-0.05, 0) is 11.1 Å². The van der Waals surface area contributed by atoms with E-state index < -0.39 is 0 Å². The summed E-state index contributed by atoms with van der Waals surface area (Å²) in [5.74, 6) is 0.607. The summed E-state index contributed by atoms with van der Waals surface area (Å²) in [5.41, 5.74) is 2.52. The zero-order valence-electron chi connectivity index (χ0n) is 5.17. The first-order valence-corrected chi connectivity index (χ1v) is 3.13. The number of hydrogen-bond donors (Lipinski definition) is 0. The van der Waals surface area contributed by atoms with E-state index >= 15 is 0 Å². The molecule has 2 aliphatic carbocycles. The smallest absolute Gasteiger partial charge is 0.0205 e. The summed E-state index contributed by atoms with van der Waals surface area (Å²) in [7, 11) is 0. The van der Waals surface area contributed by atoms with Crippen molar-refractivity contribution in [2.75, 3.05) is 0 Å². The SMILES string of the molecule is C=C1C=CC2C=CC2=C1. The van der Waals surface area contributed by atoms with E-state index in [-0.39, 0.29) is 0 Å². The molecular formula is C9H8. The third-order valence-corrected chi connectivity index (χ3v) is 1.75. The van der Waals surface area contributed by atoms with Crippen LogP contribution in [0.4, 0.5) is 0 Å².